The average Bonchev–Trinajstić information content (AvgIpc) is 3.17. The molecule has 1 atom stereocenters. The second-order valence-electron chi connectivity index (χ2n) is 5.70. The molecule has 0 spiro atoms. The molecule has 2 aromatic rings. The Labute approximate surface area is 125 Å². The zero-order chi connectivity index (χ0) is 13.8. The molecule has 0 bridgehead atoms. The van der Waals surface area contributed by atoms with E-state index in [9.17, 15) is 0 Å². The number of aromatic nitrogens is 2. The first kappa shape index (κ1) is 13.8. The molecule has 4 heteroatoms. The van der Waals surface area contributed by atoms with E-state index < -0.39 is 0 Å². The van der Waals surface area contributed by atoms with Crippen LogP contribution in [0.4, 0.5) is 0 Å². The summed E-state index contributed by atoms with van der Waals surface area (Å²) in [7, 11) is 0. The summed E-state index contributed by atoms with van der Waals surface area (Å²) in [5.41, 5.74) is 1.15. The third-order valence-electron chi connectivity index (χ3n) is 4.17. The van der Waals surface area contributed by atoms with Gasteiger partial charge in [-0.3, -0.25) is 4.68 Å². The van der Waals surface area contributed by atoms with Gasteiger partial charge in [-0.15, -0.1) is 11.3 Å². The van der Waals surface area contributed by atoms with Crippen molar-refractivity contribution in [2.24, 2.45) is 0 Å². The van der Waals surface area contributed by atoms with Gasteiger partial charge in [-0.25, -0.2) is 0 Å². The molecular formula is C16H23N3S. The Morgan fingerprint density at radius 3 is 2.95 bits per heavy atom. The van der Waals surface area contributed by atoms with Crippen LogP contribution in [0.3, 0.4) is 0 Å². The molecule has 2 heterocycles. The number of hydrogen-bond acceptors (Lipinski definition) is 3. The van der Waals surface area contributed by atoms with E-state index >= 15 is 0 Å². The third kappa shape index (κ3) is 3.30. The van der Waals surface area contributed by atoms with Crippen LogP contribution in [0.15, 0.2) is 29.8 Å². The van der Waals surface area contributed by atoms with Crippen molar-refractivity contribution in [3.8, 4) is 0 Å². The van der Waals surface area contributed by atoms with E-state index in [1.165, 1.54) is 37.0 Å². The molecule has 0 saturated heterocycles. The highest BCUT2D eigenvalue weighted by atomic mass is 32.1. The SMILES string of the molecule is C[C@H](NCc1ccn(C2CCCCC2)n1)c1cccs1. The molecule has 1 N–H and O–H groups in total. The Bertz CT molecular complexity index is 512. The number of rotatable bonds is 5. The highest BCUT2D eigenvalue weighted by molar-refractivity contribution is 7.10. The monoisotopic (exact) mass is 289 g/mol. The van der Waals surface area contributed by atoms with Crippen LogP contribution < -0.4 is 5.32 Å². The lowest BCUT2D eigenvalue weighted by atomic mass is 9.96. The lowest BCUT2D eigenvalue weighted by Gasteiger charge is -2.21. The van der Waals surface area contributed by atoms with Crippen molar-refractivity contribution in [1.82, 2.24) is 15.1 Å². The summed E-state index contributed by atoms with van der Waals surface area (Å²) in [4.78, 5) is 1.39. The van der Waals surface area contributed by atoms with E-state index in [1.807, 2.05) is 0 Å². The van der Waals surface area contributed by atoms with Gasteiger partial charge in [0.05, 0.1) is 11.7 Å². The molecule has 0 aliphatic heterocycles. The molecule has 0 unspecified atom stereocenters. The highest BCUT2D eigenvalue weighted by Crippen LogP contribution is 2.27. The van der Waals surface area contributed by atoms with Crippen molar-refractivity contribution < 1.29 is 0 Å². The lowest BCUT2D eigenvalue weighted by Crippen LogP contribution is -2.18. The first-order valence-electron chi connectivity index (χ1n) is 7.64. The lowest BCUT2D eigenvalue weighted by molar-refractivity contribution is 0.327. The summed E-state index contributed by atoms with van der Waals surface area (Å²) >= 11 is 1.81. The molecule has 1 aliphatic rings. The molecule has 1 aliphatic carbocycles. The Balaban J connectivity index is 1.54. The minimum Gasteiger partial charge on any atom is -0.304 e. The van der Waals surface area contributed by atoms with Gasteiger partial charge in [0.1, 0.15) is 0 Å². The van der Waals surface area contributed by atoms with Gasteiger partial charge in [-0.2, -0.15) is 5.10 Å². The minimum atomic E-state index is 0.398. The van der Waals surface area contributed by atoms with Gasteiger partial charge in [0.2, 0.25) is 0 Å². The molecule has 3 nitrogen and oxygen atoms in total. The molecule has 2 aromatic heterocycles. The summed E-state index contributed by atoms with van der Waals surface area (Å²) in [5.74, 6) is 0. The van der Waals surface area contributed by atoms with Crippen molar-refractivity contribution >= 4 is 11.3 Å². The van der Waals surface area contributed by atoms with Gasteiger partial charge in [0.25, 0.3) is 0 Å². The van der Waals surface area contributed by atoms with Gasteiger partial charge in [-0.1, -0.05) is 25.3 Å². The van der Waals surface area contributed by atoms with Crippen LogP contribution in [0.25, 0.3) is 0 Å². The van der Waals surface area contributed by atoms with Crippen LogP contribution in [-0.2, 0) is 6.54 Å². The Morgan fingerprint density at radius 2 is 2.20 bits per heavy atom. The molecule has 0 radical (unpaired) electrons. The van der Waals surface area contributed by atoms with Gasteiger partial charge in [0, 0.05) is 23.7 Å². The van der Waals surface area contributed by atoms with Crippen LogP contribution in [0.1, 0.15) is 61.7 Å². The van der Waals surface area contributed by atoms with Crippen LogP contribution in [-0.4, -0.2) is 9.78 Å². The van der Waals surface area contributed by atoms with Crippen LogP contribution in [0, 0.1) is 0 Å². The molecule has 1 fully saturated rings. The number of nitrogens with zero attached hydrogens (tertiary/aromatic N) is 2. The Morgan fingerprint density at radius 1 is 1.35 bits per heavy atom. The summed E-state index contributed by atoms with van der Waals surface area (Å²) < 4.78 is 2.19. The van der Waals surface area contributed by atoms with Crippen molar-refractivity contribution in [3.63, 3.8) is 0 Å². The highest BCUT2D eigenvalue weighted by Gasteiger charge is 2.16. The molecule has 1 saturated carbocycles. The molecule has 0 amide bonds. The quantitative estimate of drug-likeness (QED) is 0.889. The first-order valence-corrected chi connectivity index (χ1v) is 8.52. The van der Waals surface area contributed by atoms with E-state index in [0.717, 1.165) is 12.2 Å². The largest absolute Gasteiger partial charge is 0.304 e. The van der Waals surface area contributed by atoms with Crippen LogP contribution in [0.2, 0.25) is 0 Å². The van der Waals surface area contributed by atoms with Gasteiger partial charge in [0.15, 0.2) is 0 Å². The van der Waals surface area contributed by atoms with Gasteiger partial charge >= 0.3 is 0 Å². The zero-order valence-corrected chi connectivity index (χ0v) is 12.9. The van der Waals surface area contributed by atoms with E-state index in [4.69, 9.17) is 5.10 Å². The number of nitrogens with one attached hydrogen (secondary N) is 1. The van der Waals surface area contributed by atoms with E-state index in [0.29, 0.717) is 12.1 Å². The van der Waals surface area contributed by atoms with Crippen molar-refractivity contribution in [2.75, 3.05) is 0 Å². The fraction of sp³-hybridized carbons (Fsp3) is 0.562. The fourth-order valence-corrected chi connectivity index (χ4v) is 3.68. The topological polar surface area (TPSA) is 29.9 Å². The molecular weight excluding hydrogens is 266 g/mol. The summed E-state index contributed by atoms with van der Waals surface area (Å²) in [5, 5.41) is 10.4. The van der Waals surface area contributed by atoms with E-state index in [2.05, 4.69) is 46.7 Å². The molecule has 3 rings (SSSR count). The maximum absolute atomic E-state index is 4.74. The predicted octanol–water partition coefficient (Wildman–Crippen LogP) is 4.30. The minimum absolute atomic E-state index is 0.398. The third-order valence-corrected chi connectivity index (χ3v) is 5.23. The maximum Gasteiger partial charge on any atom is 0.0762 e. The van der Waals surface area contributed by atoms with Crippen molar-refractivity contribution in [1.29, 1.82) is 0 Å². The summed E-state index contributed by atoms with van der Waals surface area (Å²) in [6.45, 7) is 3.06. The van der Waals surface area contributed by atoms with Gasteiger partial charge < -0.3 is 5.32 Å². The fourth-order valence-electron chi connectivity index (χ4n) is 2.92. The average molecular weight is 289 g/mol. The molecule has 20 heavy (non-hydrogen) atoms. The Kier molecular flexibility index (Phi) is 4.53. The predicted molar refractivity (Wildman–Crippen MR) is 83.9 cm³/mol. The smallest absolute Gasteiger partial charge is 0.0762 e. The van der Waals surface area contributed by atoms with Gasteiger partial charge in [-0.05, 0) is 37.3 Å². The van der Waals surface area contributed by atoms with Crippen molar-refractivity contribution in [2.45, 2.75) is 57.7 Å². The Hall–Kier alpha value is -1.13. The standard InChI is InChI=1S/C16H23N3S/c1-13(16-8-5-11-20-16)17-12-14-9-10-19(18-14)15-6-3-2-4-7-15/h5,8-11,13,15,17H,2-4,6-7,12H2,1H3/t13-/m0/s1. The normalized spacial score (nSPS) is 18.2. The summed E-state index contributed by atoms with van der Waals surface area (Å²) in [6, 6.07) is 7.48. The van der Waals surface area contributed by atoms with E-state index in [1.54, 1.807) is 11.3 Å². The van der Waals surface area contributed by atoms with E-state index in [-0.39, 0.29) is 0 Å². The molecule has 0 aromatic carbocycles. The van der Waals surface area contributed by atoms with Crippen LogP contribution >= 0.6 is 11.3 Å². The van der Waals surface area contributed by atoms with Crippen molar-refractivity contribution in [3.05, 3.63) is 40.3 Å². The zero-order valence-electron chi connectivity index (χ0n) is 12.1. The maximum atomic E-state index is 4.74. The molecule has 108 valence electrons. The second kappa shape index (κ2) is 6.55. The number of hydrogen-bond donors (Lipinski definition) is 1. The second-order valence-corrected chi connectivity index (χ2v) is 6.68. The van der Waals surface area contributed by atoms with Crippen LogP contribution in [0.5, 0.6) is 0 Å². The number of thiophene rings is 1. The summed E-state index contributed by atoms with van der Waals surface area (Å²) in [6.07, 6.45) is 8.84. The first-order chi connectivity index (χ1) is 9.83.